The monoisotopic (exact) mass is 128 g/mol. The highest BCUT2D eigenvalue weighted by Crippen LogP contribution is 2.12. The van der Waals surface area contributed by atoms with Gasteiger partial charge >= 0.3 is 0 Å². The average Bonchev–Trinajstić information content (AvgIpc) is 2.37. The number of nitrogens with one attached hydrogen (secondary N) is 1. The molecule has 0 aromatic rings. The first-order chi connectivity index (χ1) is 4.34. The molecule has 2 heteroatoms. The topological polar surface area (TPSA) is 38.0 Å². The van der Waals surface area contributed by atoms with Crippen molar-refractivity contribution in [2.24, 2.45) is 11.7 Å². The third-order valence-electron chi connectivity index (χ3n) is 2.18. The maximum atomic E-state index is 5.84. The Labute approximate surface area is 56.8 Å². The van der Waals surface area contributed by atoms with Crippen molar-refractivity contribution in [2.75, 3.05) is 13.1 Å². The summed E-state index contributed by atoms with van der Waals surface area (Å²) < 4.78 is 0. The van der Waals surface area contributed by atoms with Gasteiger partial charge in [0.1, 0.15) is 0 Å². The van der Waals surface area contributed by atoms with E-state index >= 15 is 0 Å². The van der Waals surface area contributed by atoms with Crippen LogP contribution in [0.3, 0.4) is 0 Å². The Balaban J connectivity index is 2.24. The predicted molar refractivity (Wildman–Crippen MR) is 39.2 cm³/mol. The molecule has 0 radical (unpaired) electrons. The van der Waals surface area contributed by atoms with Crippen LogP contribution in [0, 0.1) is 5.92 Å². The second-order valence-corrected chi connectivity index (χ2v) is 2.82. The van der Waals surface area contributed by atoms with E-state index in [2.05, 4.69) is 12.2 Å². The van der Waals surface area contributed by atoms with Crippen LogP contribution in [0.15, 0.2) is 0 Å². The molecule has 3 N–H and O–H groups in total. The standard InChI is InChI=1S/C7H16N2/c1-2-7(8)6-3-4-9-5-6/h6-7,9H,2-5,8H2,1H3/t6-,7?/m1/s1. The Morgan fingerprint density at radius 1 is 1.78 bits per heavy atom. The van der Waals surface area contributed by atoms with Crippen molar-refractivity contribution >= 4 is 0 Å². The van der Waals surface area contributed by atoms with E-state index in [4.69, 9.17) is 5.73 Å². The maximum Gasteiger partial charge on any atom is 0.00771 e. The summed E-state index contributed by atoms with van der Waals surface area (Å²) in [6.45, 7) is 4.45. The second kappa shape index (κ2) is 3.18. The van der Waals surface area contributed by atoms with Crippen LogP contribution < -0.4 is 11.1 Å². The van der Waals surface area contributed by atoms with E-state index in [1.165, 1.54) is 13.0 Å². The molecule has 0 amide bonds. The van der Waals surface area contributed by atoms with Gasteiger partial charge in [-0.15, -0.1) is 0 Å². The van der Waals surface area contributed by atoms with Gasteiger partial charge < -0.3 is 11.1 Å². The Kier molecular flexibility index (Phi) is 2.49. The van der Waals surface area contributed by atoms with Gasteiger partial charge in [0.25, 0.3) is 0 Å². The summed E-state index contributed by atoms with van der Waals surface area (Å²) in [4.78, 5) is 0. The summed E-state index contributed by atoms with van der Waals surface area (Å²) in [5.41, 5.74) is 5.84. The fourth-order valence-corrected chi connectivity index (χ4v) is 1.38. The quantitative estimate of drug-likeness (QED) is 0.562. The minimum Gasteiger partial charge on any atom is -0.327 e. The van der Waals surface area contributed by atoms with Gasteiger partial charge in [-0.2, -0.15) is 0 Å². The summed E-state index contributed by atoms with van der Waals surface area (Å²) in [6, 6.07) is 0.431. The minimum atomic E-state index is 0.431. The highest BCUT2D eigenvalue weighted by molar-refractivity contribution is 4.79. The Morgan fingerprint density at radius 3 is 3.00 bits per heavy atom. The highest BCUT2D eigenvalue weighted by Gasteiger charge is 2.19. The smallest absolute Gasteiger partial charge is 0.00771 e. The molecule has 0 aliphatic carbocycles. The van der Waals surface area contributed by atoms with Crippen LogP contribution in [0.2, 0.25) is 0 Å². The SMILES string of the molecule is CCC(N)[C@@H]1CCNC1. The van der Waals surface area contributed by atoms with Crippen molar-refractivity contribution in [3.8, 4) is 0 Å². The van der Waals surface area contributed by atoms with Crippen LogP contribution in [0.5, 0.6) is 0 Å². The molecule has 0 bridgehead atoms. The first-order valence-electron chi connectivity index (χ1n) is 3.81. The third-order valence-corrected chi connectivity index (χ3v) is 2.18. The van der Waals surface area contributed by atoms with Crippen LogP contribution >= 0.6 is 0 Å². The van der Waals surface area contributed by atoms with Gasteiger partial charge in [0, 0.05) is 6.04 Å². The van der Waals surface area contributed by atoms with Gasteiger partial charge in [0.05, 0.1) is 0 Å². The lowest BCUT2D eigenvalue weighted by Crippen LogP contribution is -2.30. The molecule has 1 aliphatic rings. The number of hydrogen-bond acceptors (Lipinski definition) is 2. The molecule has 1 fully saturated rings. The molecule has 1 unspecified atom stereocenters. The summed E-state index contributed by atoms with van der Waals surface area (Å²) in [6.07, 6.45) is 2.39. The zero-order valence-electron chi connectivity index (χ0n) is 6.06. The molecule has 2 atom stereocenters. The van der Waals surface area contributed by atoms with Gasteiger partial charge in [-0.25, -0.2) is 0 Å². The van der Waals surface area contributed by atoms with E-state index in [1.54, 1.807) is 0 Å². The zero-order chi connectivity index (χ0) is 6.69. The van der Waals surface area contributed by atoms with Gasteiger partial charge in [0.2, 0.25) is 0 Å². The van der Waals surface area contributed by atoms with Gasteiger partial charge in [-0.05, 0) is 31.8 Å². The summed E-state index contributed by atoms with van der Waals surface area (Å²) in [5, 5.41) is 3.31. The lowest BCUT2D eigenvalue weighted by atomic mass is 9.98. The average molecular weight is 128 g/mol. The van der Waals surface area contributed by atoms with Crippen LogP contribution in [0.25, 0.3) is 0 Å². The molecule has 54 valence electrons. The van der Waals surface area contributed by atoms with Crippen molar-refractivity contribution < 1.29 is 0 Å². The molecule has 0 saturated carbocycles. The lowest BCUT2D eigenvalue weighted by molar-refractivity contribution is 0.444. The van der Waals surface area contributed by atoms with Gasteiger partial charge in [0.15, 0.2) is 0 Å². The molecule has 0 aromatic carbocycles. The number of hydrogen-bond donors (Lipinski definition) is 2. The van der Waals surface area contributed by atoms with Crippen molar-refractivity contribution in [3.05, 3.63) is 0 Å². The third kappa shape index (κ3) is 1.66. The van der Waals surface area contributed by atoms with E-state index in [9.17, 15) is 0 Å². The van der Waals surface area contributed by atoms with Crippen LogP contribution in [-0.2, 0) is 0 Å². The van der Waals surface area contributed by atoms with Gasteiger partial charge in [-0.3, -0.25) is 0 Å². The Bertz CT molecular complexity index is 77.0. The highest BCUT2D eigenvalue weighted by atomic mass is 14.9. The summed E-state index contributed by atoms with van der Waals surface area (Å²) >= 11 is 0. The van der Waals surface area contributed by atoms with Crippen LogP contribution in [0.1, 0.15) is 19.8 Å². The molecule has 0 aromatic heterocycles. The van der Waals surface area contributed by atoms with E-state index in [-0.39, 0.29) is 0 Å². The normalized spacial score (nSPS) is 30.7. The molecule has 2 nitrogen and oxygen atoms in total. The van der Waals surface area contributed by atoms with E-state index in [0.717, 1.165) is 18.9 Å². The fraction of sp³-hybridized carbons (Fsp3) is 1.00. The summed E-state index contributed by atoms with van der Waals surface area (Å²) in [5.74, 6) is 0.745. The molecular weight excluding hydrogens is 112 g/mol. The Morgan fingerprint density at radius 2 is 2.56 bits per heavy atom. The second-order valence-electron chi connectivity index (χ2n) is 2.82. The van der Waals surface area contributed by atoms with E-state index < -0.39 is 0 Å². The molecular formula is C7H16N2. The van der Waals surface area contributed by atoms with Crippen LogP contribution in [0.4, 0.5) is 0 Å². The predicted octanol–water partition coefficient (Wildman–Crippen LogP) is 0.333. The fourth-order valence-electron chi connectivity index (χ4n) is 1.38. The van der Waals surface area contributed by atoms with Crippen LogP contribution in [-0.4, -0.2) is 19.1 Å². The maximum absolute atomic E-state index is 5.84. The van der Waals surface area contributed by atoms with Gasteiger partial charge in [-0.1, -0.05) is 6.92 Å². The molecule has 9 heavy (non-hydrogen) atoms. The summed E-state index contributed by atoms with van der Waals surface area (Å²) in [7, 11) is 0. The van der Waals surface area contributed by atoms with Crippen molar-refractivity contribution in [1.82, 2.24) is 5.32 Å². The molecule has 1 rings (SSSR count). The number of nitrogens with two attached hydrogens (primary N) is 1. The molecule has 1 heterocycles. The van der Waals surface area contributed by atoms with Crippen molar-refractivity contribution in [2.45, 2.75) is 25.8 Å². The van der Waals surface area contributed by atoms with E-state index in [0.29, 0.717) is 6.04 Å². The molecule has 1 saturated heterocycles. The largest absolute Gasteiger partial charge is 0.327 e. The lowest BCUT2D eigenvalue weighted by Gasteiger charge is -2.14. The minimum absolute atomic E-state index is 0.431. The number of rotatable bonds is 2. The molecule has 1 aliphatic heterocycles. The zero-order valence-corrected chi connectivity index (χ0v) is 6.06. The van der Waals surface area contributed by atoms with Crippen molar-refractivity contribution in [3.63, 3.8) is 0 Å². The Hall–Kier alpha value is -0.0800. The first-order valence-corrected chi connectivity index (χ1v) is 3.81. The first kappa shape index (κ1) is 7.03. The molecule has 0 spiro atoms. The van der Waals surface area contributed by atoms with E-state index in [1.807, 2.05) is 0 Å². The van der Waals surface area contributed by atoms with Crippen molar-refractivity contribution in [1.29, 1.82) is 0 Å².